The van der Waals surface area contributed by atoms with Crippen molar-refractivity contribution < 1.29 is 0 Å². The van der Waals surface area contributed by atoms with Crippen molar-refractivity contribution in [2.75, 3.05) is 24.2 Å². The van der Waals surface area contributed by atoms with Crippen LogP contribution in [-0.4, -0.2) is 23.6 Å². The second kappa shape index (κ2) is 4.75. The summed E-state index contributed by atoms with van der Waals surface area (Å²) in [5.74, 6) is 3.82. The monoisotopic (exact) mass is 248 g/mol. The topological polar surface area (TPSA) is 49.8 Å². The number of rotatable bonds is 5. The van der Waals surface area contributed by atoms with Crippen molar-refractivity contribution in [3.05, 3.63) is 11.9 Å². The fourth-order valence-corrected chi connectivity index (χ4v) is 2.10. The van der Waals surface area contributed by atoms with Gasteiger partial charge in [-0.05, 0) is 17.8 Å². The zero-order valence-electron chi connectivity index (χ0n) is 12.0. The van der Waals surface area contributed by atoms with Gasteiger partial charge in [-0.2, -0.15) is 0 Å². The number of aromatic nitrogens is 2. The summed E-state index contributed by atoms with van der Waals surface area (Å²) in [5.41, 5.74) is 0.507. The number of nitrogens with zero attached hydrogens (tertiary/aromatic N) is 2. The first-order chi connectivity index (χ1) is 8.42. The molecule has 0 aromatic carbocycles. The van der Waals surface area contributed by atoms with Gasteiger partial charge in [0.05, 0.1) is 0 Å². The van der Waals surface area contributed by atoms with E-state index < -0.39 is 0 Å². The Labute approximate surface area is 110 Å². The Kier molecular flexibility index (Phi) is 3.46. The van der Waals surface area contributed by atoms with Crippen molar-refractivity contribution >= 4 is 11.6 Å². The van der Waals surface area contributed by atoms with E-state index in [9.17, 15) is 0 Å². The smallest absolute Gasteiger partial charge is 0.135 e. The molecular weight excluding hydrogens is 224 g/mol. The van der Waals surface area contributed by atoms with Gasteiger partial charge in [-0.3, -0.25) is 0 Å². The molecule has 2 rings (SSSR count). The van der Waals surface area contributed by atoms with Crippen molar-refractivity contribution in [3.63, 3.8) is 0 Å². The maximum absolute atomic E-state index is 4.57. The molecule has 1 unspecified atom stereocenters. The fraction of sp³-hybridized carbons (Fsp3) is 0.714. The number of anilines is 2. The molecule has 0 amide bonds. The molecule has 1 aromatic heterocycles. The fourth-order valence-electron chi connectivity index (χ4n) is 2.10. The predicted molar refractivity (Wildman–Crippen MR) is 76.0 cm³/mol. The molecule has 1 heterocycles. The summed E-state index contributed by atoms with van der Waals surface area (Å²) < 4.78 is 0. The highest BCUT2D eigenvalue weighted by molar-refractivity contribution is 5.47. The van der Waals surface area contributed by atoms with Crippen LogP contribution in [0.1, 0.15) is 45.9 Å². The average molecular weight is 248 g/mol. The van der Waals surface area contributed by atoms with Gasteiger partial charge in [-0.15, -0.1) is 0 Å². The Morgan fingerprint density at radius 2 is 1.94 bits per heavy atom. The van der Waals surface area contributed by atoms with Crippen LogP contribution in [0.2, 0.25) is 0 Å². The van der Waals surface area contributed by atoms with Gasteiger partial charge in [-0.25, -0.2) is 9.97 Å². The first-order valence-corrected chi connectivity index (χ1v) is 6.73. The molecule has 1 aliphatic rings. The summed E-state index contributed by atoms with van der Waals surface area (Å²) >= 11 is 0. The van der Waals surface area contributed by atoms with Gasteiger partial charge < -0.3 is 10.6 Å². The minimum Gasteiger partial charge on any atom is -0.373 e. The number of hydrogen-bond acceptors (Lipinski definition) is 4. The predicted octanol–water partition coefficient (Wildman–Crippen LogP) is 3.10. The van der Waals surface area contributed by atoms with Crippen molar-refractivity contribution in [1.29, 1.82) is 0 Å². The summed E-state index contributed by atoms with van der Waals surface area (Å²) in [6.45, 7) is 9.87. The van der Waals surface area contributed by atoms with E-state index >= 15 is 0 Å². The molecule has 1 aliphatic carbocycles. The second-order valence-corrected chi connectivity index (χ2v) is 6.17. The van der Waals surface area contributed by atoms with E-state index in [1.54, 1.807) is 0 Å². The van der Waals surface area contributed by atoms with Crippen LogP contribution in [0.3, 0.4) is 0 Å². The molecule has 2 N–H and O–H groups in total. The molecule has 1 atom stereocenters. The van der Waals surface area contributed by atoms with Crippen molar-refractivity contribution in [1.82, 2.24) is 9.97 Å². The van der Waals surface area contributed by atoms with E-state index in [1.165, 1.54) is 6.42 Å². The van der Waals surface area contributed by atoms with Gasteiger partial charge >= 0.3 is 0 Å². The maximum Gasteiger partial charge on any atom is 0.135 e. The van der Waals surface area contributed by atoms with Gasteiger partial charge in [0.15, 0.2) is 0 Å². The van der Waals surface area contributed by atoms with Crippen LogP contribution in [0, 0.1) is 11.3 Å². The zero-order valence-corrected chi connectivity index (χ0v) is 12.0. The Morgan fingerprint density at radius 1 is 1.33 bits per heavy atom. The molecular formula is C14H24N4. The lowest BCUT2D eigenvalue weighted by Crippen LogP contribution is -2.11. The molecule has 0 radical (unpaired) electrons. The van der Waals surface area contributed by atoms with Crippen LogP contribution in [0.25, 0.3) is 0 Å². The lowest BCUT2D eigenvalue weighted by Gasteiger charge is -2.12. The minimum absolute atomic E-state index is 0.344. The third kappa shape index (κ3) is 2.92. The van der Waals surface area contributed by atoms with Gasteiger partial charge in [0.2, 0.25) is 0 Å². The van der Waals surface area contributed by atoms with E-state index in [-0.39, 0.29) is 0 Å². The lowest BCUT2D eigenvalue weighted by atomic mass is 10.1. The van der Waals surface area contributed by atoms with Gasteiger partial charge in [0, 0.05) is 25.6 Å². The normalized spacial score (nSPS) is 20.9. The zero-order chi connectivity index (χ0) is 13.3. The minimum atomic E-state index is 0.344. The Balaban J connectivity index is 2.05. The van der Waals surface area contributed by atoms with E-state index in [2.05, 4.69) is 48.3 Å². The van der Waals surface area contributed by atoms with Crippen LogP contribution < -0.4 is 10.6 Å². The van der Waals surface area contributed by atoms with E-state index in [0.717, 1.165) is 29.9 Å². The van der Waals surface area contributed by atoms with Crippen LogP contribution in [0.4, 0.5) is 11.6 Å². The van der Waals surface area contributed by atoms with Gasteiger partial charge in [0.1, 0.15) is 17.5 Å². The molecule has 1 aromatic rings. The SMILES string of the molecule is CNc1cc(NCC2CC2(C)C)nc(C(C)C)n1. The van der Waals surface area contributed by atoms with Crippen molar-refractivity contribution in [2.24, 2.45) is 11.3 Å². The summed E-state index contributed by atoms with van der Waals surface area (Å²) in [6, 6.07) is 1.97. The van der Waals surface area contributed by atoms with E-state index in [4.69, 9.17) is 0 Å². The van der Waals surface area contributed by atoms with Crippen molar-refractivity contribution in [3.8, 4) is 0 Å². The molecule has 0 aliphatic heterocycles. The maximum atomic E-state index is 4.57. The molecule has 18 heavy (non-hydrogen) atoms. The van der Waals surface area contributed by atoms with Crippen LogP contribution in [0.5, 0.6) is 0 Å². The summed E-state index contributed by atoms with van der Waals surface area (Å²) in [4.78, 5) is 9.03. The lowest BCUT2D eigenvalue weighted by molar-refractivity contribution is 0.572. The summed E-state index contributed by atoms with van der Waals surface area (Å²) in [7, 11) is 1.89. The quantitative estimate of drug-likeness (QED) is 0.840. The average Bonchev–Trinajstić information content (AvgIpc) is 2.94. The molecule has 100 valence electrons. The highest BCUT2D eigenvalue weighted by Crippen LogP contribution is 2.51. The summed E-state index contributed by atoms with van der Waals surface area (Å²) in [6.07, 6.45) is 1.31. The Morgan fingerprint density at radius 3 is 2.44 bits per heavy atom. The van der Waals surface area contributed by atoms with Crippen LogP contribution in [0.15, 0.2) is 6.07 Å². The Bertz CT molecular complexity index is 426. The van der Waals surface area contributed by atoms with Gasteiger partial charge in [-0.1, -0.05) is 27.7 Å². The standard InChI is InChI=1S/C14H24N4/c1-9(2)13-17-11(15-5)6-12(18-13)16-8-10-7-14(10,3)4/h6,9-10H,7-8H2,1-5H3,(H2,15,16,17,18). The first kappa shape index (κ1) is 13.1. The molecule has 0 saturated heterocycles. The van der Waals surface area contributed by atoms with Crippen molar-refractivity contribution in [2.45, 2.75) is 40.0 Å². The van der Waals surface area contributed by atoms with Crippen LogP contribution >= 0.6 is 0 Å². The third-order valence-electron chi connectivity index (χ3n) is 3.76. The van der Waals surface area contributed by atoms with E-state index in [0.29, 0.717) is 11.3 Å². The molecule has 1 fully saturated rings. The highest BCUT2D eigenvalue weighted by atomic mass is 15.1. The summed E-state index contributed by atoms with van der Waals surface area (Å²) in [5, 5.41) is 6.53. The molecule has 4 heteroatoms. The number of nitrogens with one attached hydrogen (secondary N) is 2. The molecule has 0 bridgehead atoms. The number of hydrogen-bond donors (Lipinski definition) is 2. The Hall–Kier alpha value is -1.32. The first-order valence-electron chi connectivity index (χ1n) is 6.73. The largest absolute Gasteiger partial charge is 0.373 e. The second-order valence-electron chi connectivity index (χ2n) is 6.17. The highest BCUT2D eigenvalue weighted by Gasteiger charge is 2.44. The van der Waals surface area contributed by atoms with Crippen LogP contribution in [-0.2, 0) is 0 Å². The molecule has 1 saturated carbocycles. The third-order valence-corrected chi connectivity index (χ3v) is 3.76. The van der Waals surface area contributed by atoms with Gasteiger partial charge in [0.25, 0.3) is 0 Å². The molecule has 0 spiro atoms. The van der Waals surface area contributed by atoms with E-state index in [1.807, 2.05) is 13.1 Å². The molecule has 4 nitrogen and oxygen atoms in total.